The molecule has 0 amide bonds. The first-order chi connectivity index (χ1) is 5.77. The van der Waals surface area contributed by atoms with Crippen LogP contribution in [0.15, 0.2) is 36.0 Å². The van der Waals surface area contributed by atoms with Crippen LogP contribution in [0.25, 0.3) is 6.08 Å². The lowest BCUT2D eigenvalue weighted by atomic mass is 10.1. The van der Waals surface area contributed by atoms with Crippen molar-refractivity contribution < 1.29 is 5.21 Å². The summed E-state index contributed by atoms with van der Waals surface area (Å²) < 4.78 is 0. The van der Waals surface area contributed by atoms with Crippen LogP contribution < -0.4 is 0 Å². The third-order valence-corrected chi connectivity index (χ3v) is 1.71. The maximum Gasteiger partial charge on any atom is 0.0836 e. The second kappa shape index (κ2) is 3.72. The van der Waals surface area contributed by atoms with E-state index >= 15 is 0 Å². The number of hydrogen-bond donors (Lipinski definition) is 1. The monoisotopic (exact) mass is 161 g/mol. The molecule has 1 aromatic rings. The van der Waals surface area contributed by atoms with Gasteiger partial charge in [0.05, 0.1) is 5.71 Å². The zero-order chi connectivity index (χ0) is 8.97. The summed E-state index contributed by atoms with van der Waals surface area (Å²) in [7, 11) is 0. The van der Waals surface area contributed by atoms with Gasteiger partial charge in [0.25, 0.3) is 0 Å². The summed E-state index contributed by atoms with van der Waals surface area (Å²) in [6.45, 7) is 5.40. The van der Waals surface area contributed by atoms with Gasteiger partial charge in [-0.3, -0.25) is 0 Å². The van der Waals surface area contributed by atoms with E-state index in [0.717, 1.165) is 11.1 Å². The summed E-state index contributed by atoms with van der Waals surface area (Å²) in [6, 6.07) is 7.64. The van der Waals surface area contributed by atoms with Gasteiger partial charge in [-0.2, -0.15) is 0 Å². The minimum atomic E-state index is 0.616. The van der Waals surface area contributed by atoms with Gasteiger partial charge in [0, 0.05) is 0 Å². The van der Waals surface area contributed by atoms with Crippen molar-refractivity contribution in [2.75, 3.05) is 0 Å². The Labute approximate surface area is 71.8 Å². The van der Waals surface area contributed by atoms with Crippen molar-refractivity contribution in [1.82, 2.24) is 0 Å². The van der Waals surface area contributed by atoms with Gasteiger partial charge in [-0.15, -0.1) is 0 Å². The van der Waals surface area contributed by atoms with E-state index in [1.165, 1.54) is 0 Å². The van der Waals surface area contributed by atoms with E-state index in [1.54, 1.807) is 13.0 Å². The molecule has 0 aliphatic carbocycles. The summed E-state index contributed by atoms with van der Waals surface area (Å²) in [4.78, 5) is 0. The Hall–Kier alpha value is -1.57. The van der Waals surface area contributed by atoms with Crippen LogP contribution in [0.5, 0.6) is 0 Å². The molecule has 12 heavy (non-hydrogen) atoms. The fourth-order valence-corrected chi connectivity index (χ4v) is 0.918. The Morgan fingerprint density at radius 2 is 2.00 bits per heavy atom. The van der Waals surface area contributed by atoms with Crippen LogP contribution in [-0.4, -0.2) is 10.9 Å². The molecule has 0 bridgehead atoms. The average molecular weight is 161 g/mol. The third kappa shape index (κ3) is 1.72. The fraction of sp³-hybridized carbons (Fsp3) is 0.100. The maximum absolute atomic E-state index is 8.48. The highest BCUT2D eigenvalue weighted by Gasteiger charge is 1.95. The van der Waals surface area contributed by atoms with Gasteiger partial charge in [-0.25, -0.2) is 0 Å². The van der Waals surface area contributed by atoms with Gasteiger partial charge in [-0.1, -0.05) is 42.1 Å². The van der Waals surface area contributed by atoms with Crippen molar-refractivity contribution in [3.8, 4) is 0 Å². The van der Waals surface area contributed by atoms with Crippen LogP contribution in [0.4, 0.5) is 0 Å². The van der Waals surface area contributed by atoms with Crippen molar-refractivity contribution in [1.29, 1.82) is 0 Å². The second-order valence-electron chi connectivity index (χ2n) is 2.51. The van der Waals surface area contributed by atoms with Crippen LogP contribution >= 0.6 is 0 Å². The molecule has 0 aliphatic rings. The number of hydrogen-bond acceptors (Lipinski definition) is 2. The zero-order valence-corrected chi connectivity index (χ0v) is 6.99. The molecule has 2 nitrogen and oxygen atoms in total. The molecule has 0 heterocycles. The molecule has 1 aromatic carbocycles. The smallest absolute Gasteiger partial charge is 0.0836 e. The Balaban J connectivity index is 2.99. The Bertz CT molecular complexity index is 298. The molecule has 0 radical (unpaired) electrons. The predicted octanol–water partition coefficient (Wildman–Crippen LogP) is 2.53. The van der Waals surface area contributed by atoms with Gasteiger partial charge >= 0.3 is 0 Å². The van der Waals surface area contributed by atoms with Gasteiger partial charge < -0.3 is 5.21 Å². The molecule has 0 saturated heterocycles. The molecular formula is C10H11NO. The summed E-state index contributed by atoms with van der Waals surface area (Å²) >= 11 is 0. The lowest BCUT2D eigenvalue weighted by Gasteiger charge is -1.98. The number of rotatable bonds is 2. The summed E-state index contributed by atoms with van der Waals surface area (Å²) in [5.74, 6) is 0. The standard InChI is InChI=1S/C10H11NO/c1-3-9-4-6-10(7-5-9)8(2)11-12/h3-7,12H,1H2,2H3. The first-order valence-electron chi connectivity index (χ1n) is 3.69. The molecule has 0 spiro atoms. The van der Waals surface area contributed by atoms with Crippen LogP contribution in [0.2, 0.25) is 0 Å². The highest BCUT2D eigenvalue weighted by atomic mass is 16.4. The number of benzene rings is 1. The molecule has 0 atom stereocenters. The van der Waals surface area contributed by atoms with Crippen molar-refractivity contribution in [2.24, 2.45) is 5.16 Å². The Kier molecular flexibility index (Phi) is 2.64. The summed E-state index contributed by atoms with van der Waals surface area (Å²) in [5.41, 5.74) is 2.60. The predicted molar refractivity (Wildman–Crippen MR) is 50.5 cm³/mol. The van der Waals surface area contributed by atoms with E-state index in [2.05, 4.69) is 11.7 Å². The minimum Gasteiger partial charge on any atom is -0.411 e. The first kappa shape index (κ1) is 8.53. The van der Waals surface area contributed by atoms with E-state index in [-0.39, 0.29) is 0 Å². The molecule has 0 fully saturated rings. The van der Waals surface area contributed by atoms with Crippen LogP contribution in [0.1, 0.15) is 18.1 Å². The second-order valence-corrected chi connectivity index (χ2v) is 2.51. The van der Waals surface area contributed by atoms with Gasteiger partial charge in [0.1, 0.15) is 0 Å². The van der Waals surface area contributed by atoms with E-state index in [0.29, 0.717) is 5.71 Å². The van der Waals surface area contributed by atoms with E-state index in [9.17, 15) is 0 Å². The third-order valence-electron chi connectivity index (χ3n) is 1.71. The molecule has 62 valence electrons. The van der Waals surface area contributed by atoms with Gasteiger partial charge in [-0.05, 0) is 18.1 Å². The minimum absolute atomic E-state index is 0.616. The van der Waals surface area contributed by atoms with E-state index in [1.807, 2.05) is 24.3 Å². The quantitative estimate of drug-likeness (QED) is 0.403. The molecular weight excluding hydrogens is 150 g/mol. The Morgan fingerprint density at radius 1 is 1.42 bits per heavy atom. The Morgan fingerprint density at radius 3 is 2.42 bits per heavy atom. The summed E-state index contributed by atoms with van der Waals surface area (Å²) in [5, 5.41) is 11.6. The highest BCUT2D eigenvalue weighted by Crippen LogP contribution is 2.06. The molecule has 0 unspecified atom stereocenters. The zero-order valence-electron chi connectivity index (χ0n) is 6.99. The van der Waals surface area contributed by atoms with Crippen molar-refractivity contribution >= 4 is 11.8 Å². The van der Waals surface area contributed by atoms with Gasteiger partial charge in [0.15, 0.2) is 0 Å². The highest BCUT2D eigenvalue weighted by molar-refractivity contribution is 5.98. The van der Waals surface area contributed by atoms with Crippen molar-refractivity contribution in [2.45, 2.75) is 6.92 Å². The lowest BCUT2D eigenvalue weighted by Crippen LogP contribution is -1.93. The SMILES string of the molecule is C=Cc1ccc(C(C)=NO)cc1. The van der Waals surface area contributed by atoms with Gasteiger partial charge in [0.2, 0.25) is 0 Å². The van der Waals surface area contributed by atoms with Crippen LogP contribution in [0.3, 0.4) is 0 Å². The first-order valence-corrected chi connectivity index (χ1v) is 3.69. The molecule has 1 rings (SSSR count). The van der Waals surface area contributed by atoms with E-state index < -0.39 is 0 Å². The van der Waals surface area contributed by atoms with Crippen LogP contribution in [0, 0.1) is 0 Å². The van der Waals surface area contributed by atoms with E-state index in [4.69, 9.17) is 5.21 Å². The summed E-state index contributed by atoms with van der Waals surface area (Å²) in [6.07, 6.45) is 1.77. The van der Waals surface area contributed by atoms with Crippen molar-refractivity contribution in [3.63, 3.8) is 0 Å². The fourth-order valence-electron chi connectivity index (χ4n) is 0.918. The number of nitrogens with zero attached hydrogens (tertiary/aromatic N) is 1. The lowest BCUT2D eigenvalue weighted by molar-refractivity contribution is 0.319. The van der Waals surface area contributed by atoms with Crippen LogP contribution in [-0.2, 0) is 0 Å². The normalized spacial score (nSPS) is 11.2. The van der Waals surface area contributed by atoms with Crippen molar-refractivity contribution in [3.05, 3.63) is 42.0 Å². The largest absolute Gasteiger partial charge is 0.411 e. The molecule has 0 saturated carbocycles. The maximum atomic E-state index is 8.48. The molecule has 0 aromatic heterocycles. The molecule has 2 heteroatoms. The number of oxime groups is 1. The topological polar surface area (TPSA) is 32.6 Å². The molecule has 1 N–H and O–H groups in total. The average Bonchev–Trinajstić information content (AvgIpc) is 2.17. The molecule has 0 aliphatic heterocycles.